The number of carbonyl (C=O) groups is 1. The van der Waals surface area contributed by atoms with Crippen molar-refractivity contribution < 1.29 is 27.2 Å². The number of alkyl halides is 3. The fourth-order valence-corrected chi connectivity index (χ4v) is 3.14. The molecule has 1 aromatic carbocycles. The van der Waals surface area contributed by atoms with Crippen LogP contribution in [0.25, 0.3) is 0 Å². The van der Waals surface area contributed by atoms with Crippen molar-refractivity contribution in [1.29, 1.82) is 0 Å². The highest BCUT2D eigenvalue weighted by atomic mass is 19.4. The summed E-state index contributed by atoms with van der Waals surface area (Å²) in [5, 5.41) is 6.41. The van der Waals surface area contributed by atoms with Gasteiger partial charge in [-0.05, 0) is 43.5 Å². The van der Waals surface area contributed by atoms with Gasteiger partial charge in [-0.15, -0.1) is 0 Å². The van der Waals surface area contributed by atoms with Gasteiger partial charge in [-0.25, -0.2) is 0 Å². The highest BCUT2D eigenvalue weighted by molar-refractivity contribution is 5.94. The molecule has 3 rings (SSSR count). The summed E-state index contributed by atoms with van der Waals surface area (Å²) < 4.78 is 49.0. The molecule has 1 fully saturated rings. The molecule has 0 aliphatic heterocycles. The largest absolute Gasteiger partial charge is 0.485 e. The van der Waals surface area contributed by atoms with Crippen LogP contribution < -0.4 is 10.1 Å². The minimum atomic E-state index is -4.21. The lowest BCUT2D eigenvalue weighted by atomic mass is 9.85. The Morgan fingerprint density at radius 1 is 1.30 bits per heavy atom. The highest BCUT2D eigenvalue weighted by Crippen LogP contribution is 2.37. The Labute approximate surface area is 154 Å². The Hall–Kier alpha value is -2.58. The molecule has 1 amide bonds. The lowest BCUT2D eigenvalue weighted by Gasteiger charge is -2.31. The molecule has 0 radical (unpaired) electrons. The van der Waals surface area contributed by atoms with Crippen molar-refractivity contribution in [3.05, 3.63) is 41.5 Å². The molecule has 0 spiro atoms. The fraction of sp³-hybridized carbons (Fsp3) is 0.500. The third-order valence-corrected chi connectivity index (χ3v) is 4.53. The lowest BCUT2D eigenvalue weighted by molar-refractivity contribution is -0.183. The molecule has 0 unspecified atom stereocenters. The number of ether oxygens (including phenoxy) is 1. The van der Waals surface area contributed by atoms with Gasteiger partial charge < -0.3 is 14.6 Å². The number of hydrogen-bond donors (Lipinski definition) is 1. The van der Waals surface area contributed by atoms with Crippen LogP contribution in [0, 0.1) is 12.8 Å². The summed E-state index contributed by atoms with van der Waals surface area (Å²) in [6.07, 6.45) is -3.14. The second-order valence-corrected chi connectivity index (χ2v) is 6.62. The number of carbonyl (C=O) groups excluding carboxylic acids is 1. The molecule has 6 nitrogen and oxygen atoms in total. The highest BCUT2D eigenvalue weighted by Gasteiger charge is 2.42. The van der Waals surface area contributed by atoms with Gasteiger partial charge in [0.1, 0.15) is 5.75 Å². The summed E-state index contributed by atoms with van der Waals surface area (Å²) in [5.41, 5.74) is 0.367. The average molecular weight is 383 g/mol. The minimum absolute atomic E-state index is 0.0689. The first kappa shape index (κ1) is 19.2. The van der Waals surface area contributed by atoms with Crippen LogP contribution in [-0.2, 0) is 6.61 Å². The van der Waals surface area contributed by atoms with Crippen molar-refractivity contribution in [1.82, 2.24) is 15.5 Å². The molecular weight excluding hydrogens is 363 g/mol. The van der Waals surface area contributed by atoms with Gasteiger partial charge in [-0.2, -0.15) is 18.2 Å². The number of nitrogens with zero attached hydrogens (tertiary/aromatic N) is 2. The average Bonchev–Trinajstić information content (AvgIpc) is 3.05. The van der Waals surface area contributed by atoms with Crippen molar-refractivity contribution in [2.45, 2.75) is 51.4 Å². The smallest absolute Gasteiger partial charge is 0.391 e. The lowest BCUT2D eigenvalue weighted by Crippen LogP contribution is -2.41. The summed E-state index contributed by atoms with van der Waals surface area (Å²) >= 11 is 0. The zero-order chi connectivity index (χ0) is 19.4. The third kappa shape index (κ3) is 5.21. The number of aryl methyl sites for hydroxylation is 1. The van der Waals surface area contributed by atoms with Crippen molar-refractivity contribution >= 4 is 5.91 Å². The van der Waals surface area contributed by atoms with E-state index in [4.69, 9.17) is 9.26 Å². The van der Waals surface area contributed by atoms with E-state index in [2.05, 4.69) is 15.5 Å². The number of nitrogens with one attached hydrogen (secondary N) is 1. The molecule has 0 saturated heterocycles. The third-order valence-electron chi connectivity index (χ3n) is 4.53. The molecule has 1 N–H and O–H groups in total. The van der Waals surface area contributed by atoms with E-state index in [-0.39, 0.29) is 25.4 Å². The van der Waals surface area contributed by atoms with Gasteiger partial charge >= 0.3 is 6.18 Å². The summed E-state index contributed by atoms with van der Waals surface area (Å²) in [7, 11) is 0. The Bertz CT molecular complexity index is 774. The number of hydrogen-bond acceptors (Lipinski definition) is 5. The summed E-state index contributed by atoms with van der Waals surface area (Å²) in [6, 6.07) is 5.89. The number of benzene rings is 1. The predicted molar refractivity (Wildman–Crippen MR) is 89.1 cm³/mol. The normalized spacial score (nSPS) is 20.3. The van der Waals surface area contributed by atoms with Crippen LogP contribution in [0.4, 0.5) is 13.2 Å². The van der Waals surface area contributed by atoms with Gasteiger partial charge in [0.2, 0.25) is 11.7 Å². The van der Waals surface area contributed by atoms with Crippen LogP contribution in [0.15, 0.2) is 28.8 Å². The van der Waals surface area contributed by atoms with E-state index < -0.39 is 18.1 Å². The van der Waals surface area contributed by atoms with Crippen LogP contribution in [-0.4, -0.2) is 28.3 Å². The second kappa shape index (κ2) is 7.98. The van der Waals surface area contributed by atoms with E-state index in [1.165, 1.54) is 0 Å². The maximum Gasteiger partial charge on any atom is 0.391 e. The van der Waals surface area contributed by atoms with Crippen LogP contribution in [0.5, 0.6) is 5.75 Å². The maximum absolute atomic E-state index is 12.9. The van der Waals surface area contributed by atoms with Gasteiger partial charge in [0.25, 0.3) is 5.91 Å². The second-order valence-electron chi connectivity index (χ2n) is 6.62. The number of rotatable bonds is 5. The van der Waals surface area contributed by atoms with E-state index in [1.54, 1.807) is 31.2 Å². The molecule has 1 aliphatic rings. The van der Waals surface area contributed by atoms with E-state index in [1.807, 2.05) is 0 Å². The monoisotopic (exact) mass is 383 g/mol. The molecule has 1 aromatic heterocycles. The van der Waals surface area contributed by atoms with Crippen molar-refractivity contribution in [3.8, 4) is 5.75 Å². The van der Waals surface area contributed by atoms with Gasteiger partial charge in [-0.3, -0.25) is 4.79 Å². The van der Waals surface area contributed by atoms with Gasteiger partial charge in [0.05, 0.1) is 5.92 Å². The molecule has 27 heavy (non-hydrogen) atoms. The van der Waals surface area contributed by atoms with Crippen LogP contribution in [0.3, 0.4) is 0 Å². The van der Waals surface area contributed by atoms with Gasteiger partial charge in [0, 0.05) is 18.5 Å². The van der Waals surface area contributed by atoms with Gasteiger partial charge in [0.15, 0.2) is 6.61 Å². The molecule has 2 atom stereocenters. The molecule has 9 heteroatoms. The fourth-order valence-electron chi connectivity index (χ4n) is 3.14. The Morgan fingerprint density at radius 2 is 2.04 bits per heavy atom. The van der Waals surface area contributed by atoms with Crippen molar-refractivity contribution in [2.24, 2.45) is 5.92 Å². The van der Waals surface area contributed by atoms with E-state index in [9.17, 15) is 18.0 Å². The number of amides is 1. The number of halogens is 3. The molecule has 146 valence electrons. The first-order valence-corrected chi connectivity index (χ1v) is 8.71. The molecule has 1 aliphatic carbocycles. The van der Waals surface area contributed by atoms with Crippen LogP contribution in [0.1, 0.15) is 47.8 Å². The van der Waals surface area contributed by atoms with Crippen LogP contribution in [0.2, 0.25) is 0 Å². The van der Waals surface area contributed by atoms with E-state index in [0.717, 1.165) is 0 Å². The molecular formula is C18H20F3N3O3. The summed E-state index contributed by atoms with van der Waals surface area (Å²) in [5.74, 6) is -0.366. The molecule has 1 saturated carbocycles. The van der Waals surface area contributed by atoms with E-state index >= 15 is 0 Å². The summed E-state index contributed by atoms with van der Waals surface area (Å²) in [6.45, 7) is 1.80. The first-order valence-electron chi connectivity index (χ1n) is 8.71. The molecule has 1 heterocycles. The van der Waals surface area contributed by atoms with Crippen molar-refractivity contribution in [3.63, 3.8) is 0 Å². The summed E-state index contributed by atoms with van der Waals surface area (Å²) in [4.78, 5) is 16.3. The Balaban J connectivity index is 1.52. The van der Waals surface area contributed by atoms with Crippen LogP contribution >= 0.6 is 0 Å². The SMILES string of the molecule is Cc1nc(COc2ccc(C(=O)N[C@@H]3CCC[C@@H](C(F)(F)F)C3)cc2)no1. The zero-order valence-electron chi connectivity index (χ0n) is 14.8. The predicted octanol–water partition coefficient (Wildman–Crippen LogP) is 3.81. The zero-order valence-corrected chi connectivity index (χ0v) is 14.8. The maximum atomic E-state index is 12.9. The quantitative estimate of drug-likeness (QED) is 0.850. The number of aromatic nitrogens is 2. The van der Waals surface area contributed by atoms with E-state index in [0.29, 0.717) is 35.9 Å². The molecule has 2 aromatic rings. The van der Waals surface area contributed by atoms with Crippen molar-refractivity contribution in [2.75, 3.05) is 0 Å². The Morgan fingerprint density at radius 3 is 2.67 bits per heavy atom. The minimum Gasteiger partial charge on any atom is -0.485 e. The Kier molecular flexibility index (Phi) is 5.67. The first-order chi connectivity index (χ1) is 12.8. The molecule has 0 bridgehead atoms. The standard InChI is InChI=1S/C18H20F3N3O3/c1-11-22-16(24-27-11)10-26-15-7-5-12(6-8-15)17(25)23-14-4-2-3-13(9-14)18(19,20)21/h5-8,13-14H,2-4,9-10H2,1H3,(H,23,25)/t13-,14-/m1/s1. The topological polar surface area (TPSA) is 77.2 Å². The van der Waals surface area contributed by atoms with Gasteiger partial charge in [-0.1, -0.05) is 11.6 Å².